The van der Waals surface area contributed by atoms with Crippen LogP contribution in [0, 0.1) is 0 Å². The van der Waals surface area contributed by atoms with Crippen LogP contribution in [0.15, 0.2) is 53.5 Å². The molecule has 28 heavy (non-hydrogen) atoms. The van der Waals surface area contributed by atoms with Crippen molar-refractivity contribution in [1.29, 1.82) is 0 Å². The van der Waals surface area contributed by atoms with Gasteiger partial charge in [-0.05, 0) is 43.2 Å². The Balaban J connectivity index is 0.00000392. The lowest BCUT2D eigenvalue weighted by Crippen LogP contribution is -2.36. The summed E-state index contributed by atoms with van der Waals surface area (Å²) in [6.45, 7) is 5.04. The smallest absolute Gasteiger partial charge is 0.319 e. The number of halogens is 2. The number of nitrogens with zero attached hydrogens (tertiary/aromatic N) is 1. The Hall–Kier alpha value is -2.00. The van der Waals surface area contributed by atoms with E-state index in [1.54, 1.807) is 7.05 Å². The highest BCUT2D eigenvalue weighted by Crippen LogP contribution is 2.14. The van der Waals surface area contributed by atoms with Crippen molar-refractivity contribution in [2.24, 2.45) is 4.99 Å². The second-order valence-electron chi connectivity index (χ2n) is 6.32. The maximum atomic E-state index is 11.7. The summed E-state index contributed by atoms with van der Waals surface area (Å²) >= 11 is 6.17. The molecule has 0 heterocycles. The molecule has 0 unspecified atom stereocenters. The second kappa shape index (κ2) is 12.5. The molecule has 4 N–H and O–H groups in total. The molecular formula is C20H27ClIN5O. The van der Waals surface area contributed by atoms with Gasteiger partial charge in [-0.15, -0.1) is 24.0 Å². The molecule has 2 aromatic carbocycles. The van der Waals surface area contributed by atoms with E-state index in [0.29, 0.717) is 19.0 Å². The Kier molecular flexibility index (Phi) is 10.7. The highest BCUT2D eigenvalue weighted by molar-refractivity contribution is 14.0. The molecule has 6 nitrogen and oxygen atoms in total. The lowest BCUT2D eigenvalue weighted by Gasteiger charge is -2.13. The number of urea groups is 1. The lowest BCUT2D eigenvalue weighted by atomic mass is 10.2. The van der Waals surface area contributed by atoms with Crippen LogP contribution in [0.1, 0.15) is 25.0 Å². The molecule has 0 aromatic heterocycles. The summed E-state index contributed by atoms with van der Waals surface area (Å²) in [5, 5.41) is 12.8. The minimum absolute atomic E-state index is 0. The maximum Gasteiger partial charge on any atom is 0.319 e. The monoisotopic (exact) mass is 515 g/mol. The number of hydrogen-bond acceptors (Lipinski definition) is 2. The molecule has 0 radical (unpaired) electrons. The van der Waals surface area contributed by atoms with Gasteiger partial charge in [0, 0.05) is 36.9 Å². The van der Waals surface area contributed by atoms with Gasteiger partial charge < -0.3 is 21.3 Å². The summed E-state index contributed by atoms with van der Waals surface area (Å²) < 4.78 is 0. The third kappa shape index (κ3) is 8.35. The molecule has 0 aliphatic carbocycles. The number of amides is 2. The van der Waals surface area contributed by atoms with E-state index in [1.807, 2.05) is 62.4 Å². The predicted molar refractivity (Wildman–Crippen MR) is 128 cm³/mol. The second-order valence-corrected chi connectivity index (χ2v) is 6.73. The van der Waals surface area contributed by atoms with Crippen LogP contribution in [-0.4, -0.2) is 25.1 Å². The number of aliphatic imine (C=N–C) groups is 1. The first-order chi connectivity index (χ1) is 13.0. The topological polar surface area (TPSA) is 77.5 Å². The molecule has 0 fully saturated rings. The van der Waals surface area contributed by atoms with Crippen LogP contribution in [0.3, 0.4) is 0 Å². The Labute approximate surface area is 188 Å². The minimum atomic E-state index is -0.208. The molecule has 2 aromatic rings. The van der Waals surface area contributed by atoms with Gasteiger partial charge in [-0.2, -0.15) is 0 Å². The molecule has 2 rings (SSSR count). The van der Waals surface area contributed by atoms with Gasteiger partial charge in [0.15, 0.2) is 5.96 Å². The number of carbonyl (C=O) groups is 1. The van der Waals surface area contributed by atoms with Crippen molar-refractivity contribution in [3.05, 3.63) is 64.7 Å². The summed E-state index contributed by atoms with van der Waals surface area (Å²) in [4.78, 5) is 15.9. The number of hydrogen-bond donors (Lipinski definition) is 4. The van der Waals surface area contributed by atoms with E-state index in [9.17, 15) is 4.79 Å². The van der Waals surface area contributed by atoms with Gasteiger partial charge in [0.05, 0.1) is 0 Å². The number of benzene rings is 2. The van der Waals surface area contributed by atoms with Crippen LogP contribution < -0.4 is 21.3 Å². The van der Waals surface area contributed by atoms with Gasteiger partial charge in [0.2, 0.25) is 0 Å². The summed E-state index contributed by atoms with van der Waals surface area (Å²) in [6, 6.07) is 15.3. The van der Waals surface area contributed by atoms with Crippen molar-refractivity contribution in [1.82, 2.24) is 16.0 Å². The number of anilines is 1. The first-order valence-electron chi connectivity index (χ1n) is 8.82. The molecule has 0 aliphatic heterocycles. The Morgan fingerprint density at radius 3 is 2.29 bits per heavy atom. The normalized spacial score (nSPS) is 10.8. The van der Waals surface area contributed by atoms with Crippen LogP contribution in [0.4, 0.5) is 10.5 Å². The van der Waals surface area contributed by atoms with Gasteiger partial charge in [0.1, 0.15) is 0 Å². The Morgan fingerprint density at radius 2 is 1.68 bits per heavy atom. The number of nitrogens with one attached hydrogen (secondary N) is 4. The van der Waals surface area contributed by atoms with Gasteiger partial charge in [-0.1, -0.05) is 41.9 Å². The SMILES string of the molecule is CN=C(NCc1ccc(NC(=O)NC(C)C)cc1)NCc1ccccc1Cl.I. The average Bonchev–Trinajstić information content (AvgIpc) is 2.63. The molecule has 0 saturated heterocycles. The Morgan fingerprint density at radius 1 is 1.04 bits per heavy atom. The van der Waals surface area contributed by atoms with Gasteiger partial charge in [-0.3, -0.25) is 4.99 Å². The lowest BCUT2D eigenvalue weighted by molar-refractivity contribution is 0.250. The van der Waals surface area contributed by atoms with E-state index in [2.05, 4.69) is 26.3 Å². The highest BCUT2D eigenvalue weighted by Gasteiger charge is 2.04. The number of guanidine groups is 1. The number of carbonyl (C=O) groups excluding carboxylic acids is 1. The molecule has 0 atom stereocenters. The molecule has 8 heteroatoms. The predicted octanol–water partition coefficient (Wildman–Crippen LogP) is 4.35. The third-order valence-corrected chi connectivity index (χ3v) is 4.09. The highest BCUT2D eigenvalue weighted by atomic mass is 127. The van der Waals surface area contributed by atoms with E-state index in [1.165, 1.54) is 0 Å². The molecule has 0 aliphatic rings. The fourth-order valence-corrected chi connectivity index (χ4v) is 2.56. The van der Waals surface area contributed by atoms with Crippen LogP contribution >= 0.6 is 35.6 Å². The van der Waals surface area contributed by atoms with Crippen molar-refractivity contribution < 1.29 is 4.79 Å². The summed E-state index contributed by atoms with van der Waals surface area (Å²) in [5.41, 5.74) is 2.83. The van der Waals surface area contributed by atoms with E-state index >= 15 is 0 Å². The van der Waals surface area contributed by atoms with Crippen LogP contribution in [0.25, 0.3) is 0 Å². The molecule has 152 valence electrons. The van der Waals surface area contributed by atoms with Crippen molar-refractivity contribution in [2.45, 2.75) is 33.0 Å². The van der Waals surface area contributed by atoms with Gasteiger partial charge >= 0.3 is 6.03 Å². The van der Waals surface area contributed by atoms with Crippen LogP contribution in [0.5, 0.6) is 0 Å². The van der Waals surface area contributed by atoms with Crippen molar-refractivity contribution in [2.75, 3.05) is 12.4 Å². The van der Waals surface area contributed by atoms with Gasteiger partial charge in [-0.25, -0.2) is 4.79 Å². The van der Waals surface area contributed by atoms with E-state index in [0.717, 1.165) is 21.8 Å². The Bertz CT molecular complexity index is 780. The van der Waals surface area contributed by atoms with E-state index in [4.69, 9.17) is 11.6 Å². The molecule has 2 amide bonds. The molecule has 0 saturated carbocycles. The maximum absolute atomic E-state index is 11.7. The fourth-order valence-electron chi connectivity index (χ4n) is 2.36. The van der Waals surface area contributed by atoms with Crippen LogP contribution in [-0.2, 0) is 13.1 Å². The summed E-state index contributed by atoms with van der Waals surface area (Å²) in [6.07, 6.45) is 0. The quantitative estimate of drug-likeness (QED) is 0.262. The third-order valence-electron chi connectivity index (χ3n) is 3.72. The zero-order chi connectivity index (χ0) is 19.6. The van der Waals surface area contributed by atoms with E-state index < -0.39 is 0 Å². The van der Waals surface area contributed by atoms with Crippen LogP contribution in [0.2, 0.25) is 5.02 Å². The standard InChI is InChI=1S/C20H26ClN5O.HI/c1-14(2)25-20(27)26-17-10-8-15(9-11-17)12-23-19(22-3)24-13-16-6-4-5-7-18(16)21;/h4-11,14H,12-13H2,1-3H3,(H2,22,23,24)(H2,25,26,27);1H. The van der Waals surface area contributed by atoms with Crippen molar-refractivity contribution >= 4 is 53.3 Å². The molecule has 0 spiro atoms. The first kappa shape index (κ1) is 24.0. The zero-order valence-electron chi connectivity index (χ0n) is 16.3. The van der Waals surface area contributed by atoms with Crippen molar-refractivity contribution in [3.63, 3.8) is 0 Å². The first-order valence-corrected chi connectivity index (χ1v) is 9.20. The summed E-state index contributed by atoms with van der Waals surface area (Å²) in [5.74, 6) is 0.688. The van der Waals surface area contributed by atoms with E-state index in [-0.39, 0.29) is 36.0 Å². The largest absolute Gasteiger partial charge is 0.352 e. The fraction of sp³-hybridized carbons (Fsp3) is 0.300. The summed E-state index contributed by atoms with van der Waals surface area (Å²) in [7, 11) is 1.72. The van der Waals surface area contributed by atoms with Crippen molar-refractivity contribution in [3.8, 4) is 0 Å². The molecular weight excluding hydrogens is 489 g/mol. The molecule has 0 bridgehead atoms. The zero-order valence-corrected chi connectivity index (χ0v) is 19.3. The van der Waals surface area contributed by atoms with Gasteiger partial charge in [0.25, 0.3) is 0 Å². The average molecular weight is 516 g/mol. The minimum Gasteiger partial charge on any atom is -0.352 e. The number of rotatable bonds is 6.